The van der Waals surface area contributed by atoms with Crippen molar-refractivity contribution in [3.8, 4) is 22.5 Å². The second-order valence-electron chi connectivity index (χ2n) is 8.10. The lowest BCUT2D eigenvalue weighted by Crippen LogP contribution is -2.19. The second-order valence-corrected chi connectivity index (χ2v) is 8.10. The Morgan fingerprint density at radius 1 is 1.00 bits per heavy atom. The number of carboxylic acids is 1. The number of benzene rings is 2. The first-order valence-electron chi connectivity index (χ1n) is 10.6. The van der Waals surface area contributed by atoms with Crippen LogP contribution in [0.3, 0.4) is 0 Å². The lowest BCUT2D eigenvalue weighted by molar-refractivity contribution is -0.139. The highest BCUT2D eigenvalue weighted by atomic mass is 19.1. The number of hydrogen-bond donors (Lipinski definition) is 3. The molecular formula is C25H26F2N2O4. The van der Waals surface area contributed by atoms with Crippen LogP contribution >= 0.6 is 0 Å². The molecule has 6 nitrogen and oxygen atoms in total. The van der Waals surface area contributed by atoms with Gasteiger partial charge in [0.25, 0.3) is 0 Å². The van der Waals surface area contributed by atoms with E-state index in [-0.39, 0.29) is 18.2 Å². The van der Waals surface area contributed by atoms with Crippen LogP contribution in [0.5, 0.6) is 0 Å². The summed E-state index contributed by atoms with van der Waals surface area (Å²) in [5, 5.41) is 28.9. The molecule has 2 aromatic carbocycles. The first-order valence-corrected chi connectivity index (χ1v) is 10.6. The molecule has 0 aliphatic heterocycles. The first-order chi connectivity index (χ1) is 15.7. The summed E-state index contributed by atoms with van der Waals surface area (Å²) in [4.78, 5) is 15.5. The molecule has 0 unspecified atom stereocenters. The van der Waals surface area contributed by atoms with Gasteiger partial charge in [-0.3, -0.25) is 4.79 Å². The highest BCUT2D eigenvalue weighted by molar-refractivity contribution is 5.80. The van der Waals surface area contributed by atoms with Crippen molar-refractivity contribution in [2.75, 3.05) is 0 Å². The van der Waals surface area contributed by atoms with Gasteiger partial charge in [0, 0.05) is 29.7 Å². The first kappa shape index (κ1) is 24.3. The van der Waals surface area contributed by atoms with Crippen LogP contribution in [0.25, 0.3) is 28.7 Å². The van der Waals surface area contributed by atoms with Crippen molar-refractivity contribution in [1.29, 1.82) is 0 Å². The Hall–Kier alpha value is -3.36. The molecule has 0 saturated heterocycles. The van der Waals surface area contributed by atoms with Crippen molar-refractivity contribution >= 4 is 12.2 Å². The molecule has 0 amide bonds. The van der Waals surface area contributed by atoms with Gasteiger partial charge in [-0.1, -0.05) is 13.8 Å². The standard InChI is InChI=1S/C25H26F2N2O4/c1-15(2)25-28-23(16-3-7-18(26)8-4-16)24(17-5-9-19(27)10-6-17)29(25)12-11-20(30)13-21(31)14-22(32)33/h3-12,15,20-21,30-31H,13-14H2,1-2H3,(H,32,33)/b12-11+/t20-,21-/m1/s1. The lowest BCUT2D eigenvalue weighted by Gasteiger charge is -2.13. The fraction of sp³-hybridized carbons (Fsp3) is 0.280. The van der Waals surface area contributed by atoms with Gasteiger partial charge in [0.05, 0.1) is 30.0 Å². The van der Waals surface area contributed by atoms with E-state index in [1.165, 1.54) is 30.3 Å². The van der Waals surface area contributed by atoms with E-state index in [0.29, 0.717) is 28.3 Å². The van der Waals surface area contributed by atoms with Gasteiger partial charge in [-0.2, -0.15) is 0 Å². The Kier molecular flexibility index (Phi) is 7.73. The quantitative estimate of drug-likeness (QED) is 0.435. The molecule has 0 fully saturated rings. The lowest BCUT2D eigenvalue weighted by atomic mass is 10.0. The third kappa shape index (κ3) is 6.12. The number of aliphatic hydroxyl groups excluding tert-OH is 2. The summed E-state index contributed by atoms with van der Waals surface area (Å²) >= 11 is 0. The number of halogens is 2. The number of nitrogens with zero attached hydrogens (tertiary/aromatic N) is 2. The van der Waals surface area contributed by atoms with Gasteiger partial charge in [-0.05, 0) is 54.6 Å². The Morgan fingerprint density at radius 3 is 2.06 bits per heavy atom. The molecular weight excluding hydrogens is 430 g/mol. The zero-order valence-electron chi connectivity index (χ0n) is 18.3. The Labute approximate surface area is 190 Å². The molecule has 0 aliphatic rings. The van der Waals surface area contributed by atoms with Crippen LogP contribution < -0.4 is 0 Å². The number of carboxylic acid groups (broad SMARTS) is 1. The number of hydrogen-bond acceptors (Lipinski definition) is 4. The van der Waals surface area contributed by atoms with E-state index in [4.69, 9.17) is 10.1 Å². The maximum absolute atomic E-state index is 13.6. The minimum Gasteiger partial charge on any atom is -0.481 e. The third-order valence-electron chi connectivity index (χ3n) is 5.07. The number of rotatable bonds is 9. The fourth-order valence-electron chi connectivity index (χ4n) is 3.53. The Morgan fingerprint density at radius 2 is 1.55 bits per heavy atom. The monoisotopic (exact) mass is 456 g/mol. The van der Waals surface area contributed by atoms with Gasteiger partial charge in [0.2, 0.25) is 0 Å². The Balaban J connectivity index is 2.10. The van der Waals surface area contributed by atoms with E-state index >= 15 is 0 Å². The number of aliphatic carboxylic acids is 1. The van der Waals surface area contributed by atoms with Crippen LogP contribution in [0, 0.1) is 11.6 Å². The van der Waals surface area contributed by atoms with Crippen LogP contribution in [0.2, 0.25) is 0 Å². The third-order valence-corrected chi connectivity index (χ3v) is 5.07. The van der Waals surface area contributed by atoms with Crippen molar-refractivity contribution in [2.24, 2.45) is 0 Å². The van der Waals surface area contributed by atoms with Crippen molar-refractivity contribution in [3.63, 3.8) is 0 Å². The molecule has 0 radical (unpaired) electrons. The van der Waals surface area contributed by atoms with E-state index in [9.17, 15) is 23.8 Å². The fourth-order valence-corrected chi connectivity index (χ4v) is 3.53. The van der Waals surface area contributed by atoms with E-state index in [1.54, 1.807) is 35.0 Å². The minimum atomic E-state index is -1.19. The van der Waals surface area contributed by atoms with Crippen LogP contribution in [-0.4, -0.2) is 43.0 Å². The smallest absolute Gasteiger partial charge is 0.305 e. The summed E-state index contributed by atoms with van der Waals surface area (Å²) in [6.07, 6.45) is 0.137. The molecule has 2 atom stereocenters. The Bertz CT molecular complexity index is 1120. The molecule has 0 saturated carbocycles. The highest BCUT2D eigenvalue weighted by Crippen LogP contribution is 2.35. The van der Waals surface area contributed by atoms with Gasteiger partial charge in [-0.25, -0.2) is 13.8 Å². The molecule has 3 rings (SSSR count). The number of aromatic nitrogens is 2. The summed E-state index contributed by atoms with van der Waals surface area (Å²) in [6, 6.07) is 11.8. The van der Waals surface area contributed by atoms with E-state index in [2.05, 4.69) is 0 Å². The summed E-state index contributed by atoms with van der Waals surface area (Å²) < 4.78 is 28.9. The number of imidazole rings is 1. The molecule has 8 heteroatoms. The molecule has 33 heavy (non-hydrogen) atoms. The van der Waals surface area contributed by atoms with Crippen LogP contribution in [-0.2, 0) is 4.79 Å². The summed E-state index contributed by atoms with van der Waals surface area (Å²) in [5.41, 5.74) is 2.53. The molecule has 1 heterocycles. The summed E-state index contributed by atoms with van der Waals surface area (Å²) in [5.74, 6) is -1.30. The maximum Gasteiger partial charge on any atom is 0.305 e. The zero-order valence-corrected chi connectivity index (χ0v) is 18.3. The van der Waals surface area contributed by atoms with E-state index in [0.717, 1.165) is 0 Å². The molecule has 0 spiro atoms. The normalized spacial score (nSPS) is 13.5. The van der Waals surface area contributed by atoms with Gasteiger partial charge in [0.15, 0.2) is 0 Å². The largest absolute Gasteiger partial charge is 0.481 e. The predicted molar refractivity (Wildman–Crippen MR) is 121 cm³/mol. The van der Waals surface area contributed by atoms with Gasteiger partial charge >= 0.3 is 5.97 Å². The maximum atomic E-state index is 13.6. The topological polar surface area (TPSA) is 95.6 Å². The molecule has 1 aromatic heterocycles. The van der Waals surface area contributed by atoms with Gasteiger partial charge < -0.3 is 19.9 Å². The second kappa shape index (κ2) is 10.5. The zero-order chi connectivity index (χ0) is 24.1. The molecule has 3 N–H and O–H groups in total. The molecule has 3 aromatic rings. The number of aliphatic hydroxyl groups is 2. The summed E-state index contributed by atoms with van der Waals surface area (Å²) in [6.45, 7) is 3.89. The summed E-state index contributed by atoms with van der Waals surface area (Å²) in [7, 11) is 0. The van der Waals surface area contributed by atoms with Crippen LogP contribution in [0.1, 0.15) is 38.4 Å². The highest BCUT2D eigenvalue weighted by Gasteiger charge is 2.21. The SMILES string of the molecule is CC(C)c1nc(-c2ccc(F)cc2)c(-c2ccc(F)cc2)n1/C=C/[C@@H](O)C[C@@H](O)CC(=O)O. The molecule has 174 valence electrons. The van der Waals surface area contributed by atoms with Crippen molar-refractivity contribution < 1.29 is 28.9 Å². The van der Waals surface area contributed by atoms with E-state index in [1.807, 2.05) is 13.8 Å². The molecule has 0 bridgehead atoms. The van der Waals surface area contributed by atoms with Gasteiger partial charge in [0.1, 0.15) is 17.5 Å². The predicted octanol–water partition coefficient (Wildman–Crippen LogP) is 4.68. The van der Waals surface area contributed by atoms with Crippen LogP contribution in [0.4, 0.5) is 8.78 Å². The van der Waals surface area contributed by atoms with Crippen molar-refractivity contribution in [1.82, 2.24) is 9.55 Å². The number of carbonyl (C=O) groups is 1. The minimum absolute atomic E-state index is 0.0298. The van der Waals surface area contributed by atoms with E-state index < -0.39 is 30.4 Å². The van der Waals surface area contributed by atoms with Crippen molar-refractivity contribution in [3.05, 3.63) is 72.1 Å². The van der Waals surface area contributed by atoms with Crippen molar-refractivity contribution in [2.45, 2.75) is 44.8 Å². The molecule has 0 aliphatic carbocycles. The average molecular weight is 456 g/mol. The average Bonchev–Trinajstić information content (AvgIpc) is 3.12. The van der Waals surface area contributed by atoms with Gasteiger partial charge in [-0.15, -0.1) is 0 Å². The van der Waals surface area contributed by atoms with Crippen LogP contribution in [0.15, 0.2) is 54.6 Å².